The Hall–Kier alpha value is -6.88. The lowest BCUT2D eigenvalue weighted by Crippen LogP contribution is -1.99. The van der Waals surface area contributed by atoms with Gasteiger partial charge in [0.15, 0.2) is 0 Å². The fourth-order valence-corrected chi connectivity index (χ4v) is 7.25. The van der Waals surface area contributed by atoms with Crippen molar-refractivity contribution in [2.24, 2.45) is 0 Å². The van der Waals surface area contributed by atoms with Crippen LogP contribution in [0.3, 0.4) is 0 Å². The van der Waals surface area contributed by atoms with Crippen molar-refractivity contribution >= 4 is 43.6 Å². The highest BCUT2D eigenvalue weighted by Crippen LogP contribution is 2.39. The van der Waals surface area contributed by atoms with E-state index >= 15 is 0 Å². The van der Waals surface area contributed by atoms with E-state index in [1.54, 1.807) is 0 Å². The first-order chi connectivity index (χ1) is 23.7. The largest absolute Gasteiger partial charge is 0.309 e. The summed E-state index contributed by atoms with van der Waals surface area (Å²) in [5.41, 5.74) is 11.5. The molecule has 222 valence electrons. The van der Waals surface area contributed by atoms with E-state index in [2.05, 4.69) is 143 Å². The molecule has 0 aliphatic rings. The molecule has 0 saturated carbocycles. The Balaban J connectivity index is 1.25. The van der Waals surface area contributed by atoms with E-state index in [-0.39, 0.29) is 0 Å². The maximum Gasteiger partial charge on any atom is 0.101 e. The summed E-state index contributed by atoms with van der Waals surface area (Å²) < 4.78 is 4.48. The quantitative estimate of drug-likeness (QED) is 0.199. The van der Waals surface area contributed by atoms with E-state index in [0.29, 0.717) is 11.1 Å². The van der Waals surface area contributed by atoms with Crippen LogP contribution in [0, 0.1) is 22.7 Å². The highest BCUT2D eigenvalue weighted by atomic mass is 15.0. The smallest absolute Gasteiger partial charge is 0.101 e. The van der Waals surface area contributed by atoms with E-state index in [9.17, 15) is 10.5 Å². The van der Waals surface area contributed by atoms with Gasteiger partial charge in [-0.25, -0.2) is 0 Å². The van der Waals surface area contributed by atoms with Crippen molar-refractivity contribution in [3.8, 4) is 45.8 Å². The molecule has 0 unspecified atom stereocenters. The zero-order valence-electron chi connectivity index (χ0n) is 25.8. The molecule has 48 heavy (non-hydrogen) atoms. The summed E-state index contributed by atoms with van der Waals surface area (Å²) in [6, 6.07) is 58.9. The molecule has 0 amide bonds. The second-order valence-electron chi connectivity index (χ2n) is 12.0. The van der Waals surface area contributed by atoms with Crippen molar-refractivity contribution in [2.45, 2.75) is 0 Å². The van der Waals surface area contributed by atoms with Crippen LogP contribution in [-0.4, -0.2) is 9.13 Å². The molecule has 9 aromatic rings. The summed E-state index contributed by atoms with van der Waals surface area (Å²) in [6.07, 6.45) is 0. The van der Waals surface area contributed by atoms with Crippen LogP contribution in [0.25, 0.3) is 77.2 Å². The first kappa shape index (κ1) is 27.4. The summed E-state index contributed by atoms with van der Waals surface area (Å²) in [5.74, 6) is 0. The fourth-order valence-electron chi connectivity index (χ4n) is 7.25. The second-order valence-corrected chi connectivity index (χ2v) is 12.0. The number of fused-ring (bicyclic) bond motifs is 6. The Labute approximate surface area is 277 Å². The first-order valence-corrected chi connectivity index (χ1v) is 15.9. The Kier molecular flexibility index (Phi) is 6.22. The van der Waals surface area contributed by atoms with E-state index in [1.807, 2.05) is 36.4 Å². The summed E-state index contributed by atoms with van der Waals surface area (Å²) in [7, 11) is 0. The minimum absolute atomic E-state index is 0.606. The first-order valence-electron chi connectivity index (χ1n) is 15.9. The van der Waals surface area contributed by atoms with Crippen LogP contribution < -0.4 is 0 Å². The molecule has 9 rings (SSSR count). The van der Waals surface area contributed by atoms with Gasteiger partial charge in [-0.15, -0.1) is 0 Å². The minimum Gasteiger partial charge on any atom is -0.309 e. The molecular formula is C44H26N4. The van der Waals surface area contributed by atoms with Crippen molar-refractivity contribution < 1.29 is 0 Å². The third-order valence-corrected chi connectivity index (χ3v) is 9.39. The molecule has 2 aromatic heterocycles. The van der Waals surface area contributed by atoms with Gasteiger partial charge in [0.05, 0.1) is 50.6 Å². The fraction of sp³-hybridized carbons (Fsp3) is 0. The average Bonchev–Trinajstić information content (AvgIpc) is 3.67. The lowest BCUT2D eigenvalue weighted by molar-refractivity contribution is 1.17. The van der Waals surface area contributed by atoms with Gasteiger partial charge in [-0.05, 0) is 71.3 Å². The zero-order valence-corrected chi connectivity index (χ0v) is 25.8. The monoisotopic (exact) mass is 610 g/mol. The number of aromatic nitrogens is 2. The predicted octanol–water partition coefficient (Wildman–Crippen LogP) is 11.0. The Morgan fingerprint density at radius 3 is 1.42 bits per heavy atom. The molecule has 0 bridgehead atoms. The lowest BCUT2D eigenvalue weighted by atomic mass is 9.96. The predicted molar refractivity (Wildman–Crippen MR) is 195 cm³/mol. The molecule has 0 saturated heterocycles. The number of para-hydroxylation sites is 4. The SMILES string of the molecule is N#Cc1ccc(-c2cccc(-c3ccc(C#N)c(-n4c5ccccc5c5ccccc54)c3)c2)c(-n2c3ccccc3c3ccccc32)c1. The molecule has 0 radical (unpaired) electrons. The van der Waals surface area contributed by atoms with Gasteiger partial charge in [-0.3, -0.25) is 0 Å². The maximum atomic E-state index is 10.2. The lowest BCUT2D eigenvalue weighted by Gasteiger charge is -2.16. The molecule has 2 heterocycles. The van der Waals surface area contributed by atoms with E-state index in [1.165, 1.54) is 10.8 Å². The third kappa shape index (κ3) is 4.14. The van der Waals surface area contributed by atoms with E-state index in [4.69, 9.17) is 0 Å². The molecule has 0 N–H and O–H groups in total. The van der Waals surface area contributed by atoms with Gasteiger partial charge in [0.25, 0.3) is 0 Å². The highest BCUT2D eigenvalue weighted by molar-refractivity contribution is 6.10. The third-order valence-electron chi connectivity index (χ3n) is 9.39. The molecule has 0 fully saturated rings. The number of hydrogen-bond acceptors (Lipinski definition) is 2. The van der Waals surface area contributed by atoms with Crippen LogP contribution in [0.2, 0.25) is 0 Å². The Morgan fingerprint density at radius 1 is 0.375 bits per heavy atom. The zero-order chi connectivity index (χ0) is 32.2. The van der Waals surface area contributed by atoms with Crippen LogP contribution in [-0.2, 0) is 0 Å². The van der Waals surface area contributed by atoms with Crippen molar-refractivity contribution in [3.63, 3.8) is 0 Å². The van der Waals surface area contributed by atoms with Crippen LogP contribution in [0.5, 0.6) is 0 Å². The summed E-state index contributed by atoms with van der Waals surface area (Å²) in [4.78, 5) is 0. The maximum absolute atomic E-state index is 10.2. The standard InChI is InChI=1S/C44H26N4/c45-27-29-20-23-34(44(24-29)48-41-18-7-3-14-37(41)38-15-4-8-19-42(38)48)32-11-9-10-30(25-32)31-21-22-33(28-46)43(26-31)47-39-16-5-1-12-35(39)36-13-2-6-17-40(36)47/h1-26H. The van der Waals surface area contributed by atoms with Crippen LogP contribution in [0.15, 0.2) is 158 Å². The molecule has 0 atom stereocenters. The number of nitriles is 2. The average molecular weight is 611 g/mol. The Morgan fingerprint density at radius 2 is 0.875 bits per heavy atom. The number of hydrogen-bond donors (Lipinski definition) is 0. The number of rotatable bonds is 4. The van der Waals surface area contributed by atoms with Crippen molar-refractivity contribution in [3.05, 3.63) is 169 Å². The summed E-state index contributed by atoms with van der Waals surface area (Å²) >= 11 is 0. The number of benzene rings is 7. The molecule has 4 nitrogen and oxygen atoms in total. The van der Waals surface area contributed by atoms with Crippen molar-refractivity contribution in [1.29, 1.82) is 10.5 Å². The normalized spacial score (nSPS) is 11.3. The molecular weight excluding hydrogens is 585 g/mol. The molecule has 0 aliphatic carbocycles. The van der Waals surface area contributed by atoms with Gasteiger partial charge in [-0.2, -0.15) is 10.5 Å². The molecule has 4 heteroatoms. The van der Waals surface area contributed by atoms with Gasteiger partial charge in [0.2, 0.25) is 0 Å². The van der Waals surface area contributed by atoms with Crippen LogP contribution >= 0.6 is 0 Å². The van der Waals surface area contributed by atoms with Gasteiger partial charge >= 0.3 is 0 Å². The van der Waals surface area contributed by atoms with Crippen molar-refractivity contribution in [2.75, 3.05) is 0 Å². The van der Waals surface area contributed by atoms with Crippen molar-refractivity contribution in [1.82, 2.24) is 9.13 Å². The summed E-state index contributed by atoms with van der Waals surface area (Å²) in [6.45, 7) is 0. The van der Waals surface area contributed by atoms with E-state index in [0.717, 1.165) is 66.5 Å². The summed E-state index contributed by atoms with van der Waals surface area (Å²) in [5, 5.41) is 24.8. The topological polar surface area (TPSA) is 57.4 Å². The van der Waals surface area contributed by atoms with Gasteiger partial charge in [0, 0.05) is 27.1 Å². The molecule has 0 spiro atoms. The van der Waals surface area contributed by atoms with E-state index < -0.39 is 0 Å². The van der Waals surface area contributed by atoms with Gasteiger partial charge in [-0.1, -0.05) is 103 Å². The highest BCUT2D eigenvalue weighted by Gasteiger charge is 2.18. The second kappa shape index (κ2) is 10.9. The molecule has 7 aromatic carbocycles. The van der Waals surface area contributed by atoms with Gasteiger partial charge in [0.1, 0.15) is 6.07 Å². The van der Waals surface area contributed by atoms with Crippen LogP contribution in [0.1, 0.15) is 11.1 Å². The van der Waals surface area contributed by atoms with Crippen LogP contribution in [0.4, 0.5) is 0 Å². The Bertz CT molecular complexity index is 2710. The van der Waals surface area contributed by atoms with Gasteiger partial charge < -0.3 is 9.13 Å². The molecule has 0 aliphatic heterocycles. The minimum atomic E-state index is 0.606. The number of nitrogens with zero attached hydrogens (tertiary/aromatic N) is 4.